The Kier molecular flexibility index (Phi) is 10.4. The average molecular weight is 435 g/mol. The lowest BCUT2D eigenvalue weighted by atomic mass is 9.80. The molecular weight excluding hydrogens is 392 g/mol. The summed E-state index contributed by atoms with van der Waals surface area (Å²) >= 11 is 0. The molecule has 0 heterocycles. The van der Waals surface area contributed by atoms with E-state index in [1.54, 1.807) is 0 Å². The number of rotatable bonds is 8. The van der Waals surface area contributed by atoms with Crippen LogP contribution in [0.15, 0.2) is 36.4 Å². The zero-order valence-corrected chi connectivity index (χ0v) is 20.3. The highest BCUT2D eigenvalue weighted by molar-refractivity contribution is 5.75. The molecule has 0 radical (unpaired) electrons. The predicted molar refractivity (Wildman–Crippen MR) is 133 cm³/mol. The van der Waals surface area contributed by atoms with Crippen LogP contribution >= 0.6 is 0 Å². The second-order valence-electron chi connectivity index (χ2n) is 10.0. The number of esters is 1. The lowest BCUT2D eigenvalue weighted by molar-refractivity contribution is -0.140. The molecule has 0 saturated heterocycles. The predicted octanol–water partition coefficient (Wildman–Crippen LogP) is 8.10. The third-order valence-corrected chi connectivity index (χ3v) is 7.48. The summed E-state index contributed by atoms with van der Waals surface area (Å²) in [7, 11) is 0. The summed E-state index contributed by atoms with van der Waals surface area (Å²) in [5.41, 5.74) is 0.956. The van der Waals surface area contributed by atoms with Gasteiger partial charge in [0.05, 0.1) is 5.92 Å². The molecule has 2 heteroatoms. The Morgan fingerprint density at radius 3 is 2.22 bits per heavy atom. The van der Waals surface area contributed by atoms with E-state index in [1.165, 1.54) is 57.8 Å². The van der Waals surface area contributed by atoms with Crippen LogP contribution in [0.4, 0.5) is 0 Å². The van der Waals surface area contributed by atoms with Gasteiger partial charge in [0, 0.05) is 5.56 Å². The molecule has 0 aliphatic heterocycles. The molecule has 0 atom stereocenters. The van der Waals surface area contributed by atoms with Crippen molar-refractivity contribution in [3.05, 3.63) is 42.0 Å². The highest BCUT2D eigenvalue weighted by Gasteiger charge is 2.27. The second-order valence-corrected chi connectivity index (χ2v) is 10.0. The first-order valence-corrected chi connectivity index (χ1v) is 13.2. The molecular formula is C30H42O2. The fourth-order valence-corrected chi connectivity index (χ4v) is 5.37. The topological polar surface area (TPSA) is 26.3 Å². The summed E-state index contributed by atoms with van der Waals surface area (Å²) in [6.45, 7) is 4.53. The molecule has 32 heavy (non-hydrogen) atoms. The number of allylic oxidation sites excluding steroid dienone is 2. The van der Waals surface area contributed by atoms with E-state index in [0.29, 0.717) is 11.7 Å². The van der Waals surface area contributed by atoms with E-state index in [1.807, 2.05) is 30.3 Å². The molecule has 2 aliphatic carbocycles. The molecule has 2 nitrogen and oxygen atoms in total. The third kappa shape index (κ3) is 8.16. The molecule has 0 unspecified atom stereocenters. The van der Waals surface area contributed by atoms with Crippen molar-refractivity contribution in [1.82, 2.24) is 0 Å². The van der Waals surface area contributed by atoms with Gasteiger partial charge in [-0.15, -0.1) is 0 Å². The molecule has 0 N–H and O–H groups in total. The minimum absolute atomic E-state index is 0.0638. The number of carbonyl (C=O) groups excluding carboxylic acids is 1. The molecule has 2 saturated carbocycles. The molecule has 0 aromatic heterocycles. The molecule has 1 aromatic rings. The number of benzene rings is 1. The lowest BCUT2D eigenvalue weighted by Crippen LogP contribution is -2.25. The van der Waals surface area contributed by atoms with Crippen LogP contribution < -0.4 is 4.74 Å². The number of unbranched alkanes of at least 4 members (excludes halogenated alkanes) is 1. The largest absolute Gasteiger partial charge is 0.426 e. The molecule has 2 fully saturated rings. The van der Waals surface area contributed by atoms with Crippen LogP contribution in [0, 0.1) is 35.5 Å². The van der Waals surface area contributed by atoms with Crippen molar-refractivity contribution in [3.63, 3.8) is 0 Å². The van der Waals surface area contributed by atoms with Crippen LogP contribution in [0.3, 0.4) is 0 Å². The molecule has 3 rings (SSSR count). The number of hydrogen-bond donors (Lipinski definition) is 0. The zero-order valence-electron chi connectivity index (χ0n) is 20.3. The number of ether oxygens (including phenoxy) is 1. The first-order valence-electron chi connectivity index (χ1n) is 13.2. The highest BCUT2D eigenvalue weighted by atomic mass is 16.5. The van der Waals surface area contributed by atoms with Crippen LogP contribution in [0.2, 0.25) is 0 Å². The fraction of sp³-hybridized carbons (Fsp3) is 0.633. The van der Waals surface area contributed by atoms with Gasteiger partial charge in [-0.2, -0.15) is 0 Å². The summed E-state index contributed by atoms with van der Waals surface area (Å²) < 4.78 is 5.64. The molecule has 1 aromatic carbocycles. The summed E-state index contributed by atoms with van der Waals surface area (Å²) in [4.78, 5) is 12.5. The fourth-order valence-electron chi connectivity index (χ4n) is 5.37. The number of hydrogen-bond acceptors (Lipinski definition) is 2. The minimum Gasteiger partial charge on any atom is -0.426 e. The van der Waals surface area contributed by atoms with Crippen LogP contribution in [0.25, 0.3) is 0 Å². The van der Waals surface area contributed by atoms with Crippen molar-refractivity contribution < 1.29 is 9.53 Å². The minimum atomic E-state index is -0.0638. The summed E-state index contributed by atoms with van der Waals surface area (Å²) in [5, 5.41) is 0. The molecule has 0 spiro atoms. The summed E-state index contributed by atoms with van der Waals surface area (Å²) in [6.07, 6.45) is 20.6. The molecule has 0 amide bonds. The van der Waals surface area contributed by atoms with Crippen molar-refractivity contribution in [2.24, 2.45) is 23.7 Å². The Labute approximate surface area is 196 Å². The van der Waals surface area contributed by atoms with E-state index < -0.39 is 0 Å². The highest BCUT2D eigenvalue weighted by Crippen LogP contribution is 2.33. The van der Waals surface area contributed by atoms with Gasteiger partial charge < -0.3 is 4.74 Å². The van der Waals surface area contributed by atoms with Gasteiger partial charge in [-0.3, -0.25) is 4.79 Å². The van der Waals surface area contributed by atoms with Crippen molar-refractivity contribution >= 4 is 5.97 Å². The van der Waals surface area contributed by atoms with E-state index in [2.05, 4.69) is 31.8 Å². The van der Waals surface area contributed by atoms with Gasteiger partial charge in [-0.25, -0.2) is 0 Å². The van der Waals surface area contributed by atoms with E-state index in [9.17, 15) is 4.79 Å². The van der Waals surface area contributed by atoms with Gasteiger partial charge in [0.2, 0.25) is 0 Å². The Morgan fingerprint density at radius 2 is 1.56 bits per heavy atom. The molecule has 2 aliphatic rings. The van der Waals surface area contributed by atoms with E-state index >= 15 is 0 Å². The third-order valence-electron chi connectivity index (χ3n) is 7.48. The van der Waals surface area contributed by atoms with Crippen LogP contribution in [0.5, 0.6) is 5.75 Å². The molecule has 0 bridgehead atoms. The maximum Gasteiger partial charge on any atom is 0.314 e. The maximum absolute atomic E-state index is 12.5. The van der Waals surface area contributed by atoms with Crippen molar-refractivity contribution in [2.45, 2.75) is 97.3 Å². The zero-order chi connectivity index (χ0) is 22.6. The van der Waals surface area contributed by atoms with Crippen LogP contribution in [0.1, 0.15) is 103 Å². The van der Waals surface area contributed by atoms with Crippen LogP contribution in [-0.2, 0) is 4.79 Å². The van der Waals surface area contributed by atoms with Gasteiger partial charge in [0.1, 0.15) is 5.75 Å². The summed E-state index contributed by atoms with van der Waals surface area (Å²) in [5.74, 6) is 9.47. The SMILES string of the molecule is CCCC[C@H]1CC[C@H](/C=C/C#Cc2ccc(OC(=O)[C@H]3CC[C@H](CCC)CC3)cc2)CC1. The van der Waals surface area contributed by atoms with E-state index in [4.69, 9.17) is 4.74 Å². The Morgan fingerprint density at radius 1 is 0.906 bits per heavy atom. The average Bonchev–Trinajstić information content (AvgIpc) is 2.83. The van der Waals surface area contributed by atoms with Crippen molar-refractivity contribution in [1.29, 1.82) is 0 Å². The first kappa shape index (κ1) is 24.6. The lowest BCUT2D eigenvalue weighted by Gasteiger charge is -2.26. The van der Waals surface area contributed by atoms with Crippen molar-refractivity contribution in [2.75, 3.05) is 0 Å². The van der Waals surface area contributed by atoms with Gasteiger partial charge in [-0.1, -0.05) is 63.9 Å². The van der Waals surface area contributed by atoms with Gasteiger partial charge in [-0.05, 0) is 99.5 Å². The monoisotopic (exact) mass is 434 g/mol. The standard InChI is InChI=1S/C30H42O2/c1-3-5-9-25-12-14-26(15-13-25)10-6-7-11-27-18-22-29(23-19-27)32-30(31)28-20-16-24(8-4-2)17-21-28/h6,10,18-19,22-26,28H,3-5,8-9,12-17,20-21H2,1-2H3/b10-6+/t24-,25-,26-,28-. The Bertz CT molecular complexity index is 763. The Hall–Kier alpha value is -2.01. The smallest absolute Gasteiger partial charge is 0.314 e. The van der Waals surface area contributed by atoms with E-state index in [0.717, 1.165) is 43.1 Å². The first-order chi connectivity index (χ1) is 15.7. The second kappa shape index (κ2) is 13.5. The Balaban J connectivity index is 1.39. The summed E-state index contributed by atoms with van der Waals surface area (Å²) in [6, 6.07) is 7.62. The number of carbonyl (C=O) groups is 1. The maximum atomic E-state index is 12.5. The van der Waals surface area contributed by atoms with Crippen LogP contribution in [-0.4, -0.2) is 5.97 Å². The van der Waals surface area contributed by atoms with Gasteiger partial charge in [0.15, 0.2) is 0 Å². The molecule has 174 valence electrons. The quantitative estimate of drug-likeness (QED) is 0.235. The van der Waals surface area contributed by atoms with E-state index in [-0.39, 0.29) is 11.9 Å². The van der Waals surface area contributed by atoms with Gasteiger partial charge >= 0.3 is 5.97 Å². The van der Waals surface area contributed by atoms with Crippen molar-refractivity contribution in [3.8, 4) is 17.6 Å². The normalized spacial score (nSPS) is 25.8. The van der Waals surface area contributed by atoms with Gasteiger partial charge in [0.25, 0.3) is 0 Å².